The summed E-state index contributed by atoms with van der Waals surface area (Å²) in [5.74, 6) is 0.0787. The number of quaternary nitrogens is 1. The summed E-state index contributed by atoms with van der Waals surface area (Å²) < 4.78 is 0. The normalized spacial score (nSPS) is 8.14. The van der Waals surface area contributed by atoms with Crippen molar-refractivity contribution < 1.29 is 10.5 Å². The van der Waals surface area contributed by atoms with Gasteiger partial charge in [-0.3, -0.25) is 4.79 Å². The molecule has 0 aliphatic rings. The Kier molecular flexibility index (Phi) is 3.24. The van der Waals surface area contributed by atoms with Crippen LogP contribution in [-0.2, 0) is 4.79 Å². The second-order valence-electron chi connectivity index (χ2n) is 1.27. The first-order chi connectivity index (χ1) is 3.31. The van der Waals surface area contributed by atoms with Crippen LogP contribution in [-0.4, -0.2) is 12.3 Å². The molecule has 7 heavy (non-hydrogen) atoms. The lowest BCUT2D eigenvalue weighted by atomic mass is 10.3. The van der Waals surface area contributed by atoms with Crippen LogP contribution >= 0.6 is 0 Å². The highest BCUT2D eigenvalue weighted by Crippen LogP contribution is 1.75. The first-order valence-electron chi connectivity index (χ1n) is 2.25. The van der Waals surface area contributed by atoms with Gasteiger partial charge in [0.1, 0.15) is 0 Å². The van der Waals surface area contributed by atoms with E-state index in [0.717, 1.165) is 0 Å². The molecule has 2 nitrogen and oxygen atoms in total. The molecule has 0 heterocycles. The molecule has 0 spiro atoms. The van der Waals surface area contributed by atoms with Crippen molar-refractivity contribution in [2.24, 2.45) is 0 Å². The molecular weight excluding hydrogens is 90.1 g/mol. The second-order valence-corrected chi connectivity index (χ2v) is 1.27. The average Bonchev–Trinajstić information content (AvgIpc) is 1.68. The molecule has 0 aromatic carbocycles. The van der Waals surface area contributed by atoms with Crippen LogP contribution in [0.5, 0.6) is 0 Å². The van der Waals surface area contributed by atoms with Gasteiger partial charge in [-0.25, -0.2) is 0 Å². The van der Waals surface area contributed by atoms with Crippen molar-refractivity contribution in [3.63, 3.8) is 0 Å². The van der Waals surface area contributed by atoms with E-state index in [-0.39, 0.29) is 5.78 Å². The van der Waals surface area contributed by atoms with Gasteiger partial charge in [0.2, 0.25) is 0 Å². The van der Waals surface area contributed by atoms with E-state index in [2.05, 4.69) is 12.3 Å². The van der Waals surface area contributed by atoms with Gasteiger partial charge in [0.25, 0.3) is 0 Å². The molecule has 0 aromatic heterocycles. The Labute approximate surface area is 43.0 Å². The highest BCUT2D eigenvalue weighted by Gasteiger charge is 1.90. The standard InChI is InChI=1S/C5H9NO/c1-2-5(7)3-4-6/h2H,1,3-4,6H2/p+1. The quantitative estimate of drug-likeness (QED) is 0.472. The predicted octanol–water partition coefficient (Wildman–Crippen LogP) is -0.627. The van der Waals surface area contributed by atoms with E-state index in [9.17, 15) is 4.79 Å². The minimum atomic E-state index is 0.0787. The molecule has 0 rings (SSSR count). The summed E-state index contributed by atoms with van der Waals surface area (Å²) in [5.41, 5.74) is 3.50. The fourth-order valence-corrected chi connectivity index (χ4v) is 0.276. The van der Waals surface area contributed by atoms with Crippen LogP contribution in [0.25, 0.3) is 0 Å². The molecule has 0 saturated heterocycles. The summed E-state index contributed by atoms with van der Waals surface area (Å²) in [6.45, 7) is 3.97. The van der Waals surface area contributed by atoms with Crippen LogP contribution < -0.4 is 5.73 Å². The van der Waals surface area contributed by atoms with E-state index >= 15 is 0 Å². The topological polar surface area (TPSA) is 44.7 Å². The van der Waals surface area contributed by atoms with Crippen molar-refractivity contribution in [3.05, 3.63) is 12.7 Å². The minimum Gasteiger partial charge on any atom is -0.357 e. The zero-order chi connectivity index (χ0) is 5.70. The van der Waals surface area contributed by atoms with E-state index in [1.54, 1.807) is 0 Å². The van der Waals surface area contributed by atoms with Gasteiger partial charge >= 0.3 is 0 Å². The molecule has 0 fully saturated rings. The summed E-state index contributed by atoms with van der Waals surface area (Å²) in [6.07, 6.45) is 1.86. The SMILES string of the molecule is C=CC(=O)CC[NH3+]. The molecule has 0 bridgehead atoms. The lowest BCUT2D eigenvalue weighted by Gasteiger charge is -1.81. The van der Waals surface area contributed by atoms with Gasteiger partial charge in [-0.05, 0) is 6.08 Å². The first-order valence-corrected chi connectivity index (χ1v) is 2.25. The van der Waals surface area contributed by atoms with Gasteiger partial charge in [0.15, 0.2) is 5.78 Å². The van der Waals surface area contributed by atoms with Crippen LogP contribution in [0.15, 0.2) is 12.7 Å². The Morgan fingerprint density at radius 1 is 1.86 bits per heavy atom. The van der Waals surface area contributed by atoms with Crippen LogP contribution in [0.2, 0.25) is 0 Å². The van der Waals surface area contributed by atoms with Crippen LogP contribution in [0.3, 0.4) is 0 Å². The molecule has 0 atom stereocenters. The van der Waals surface area contributed by atoms with Gasteiger partial charge in [-0.1, -0.05) is 6.58 Å². The van der Waals surface area contributed by atoms with Gasteiger partial charge < -0.3 is 5.73 Å². The van der Waals surface area contributed by atoms with E-state index in [1.165, 1.54) is 6.08 Å². The molecule has 3 N–H and O–H groups in total. The first kappa shape index (κ1) is 6.37. The van der Waals surface area contributed by atoms with Gasteiger partial charge in [-0.15, -0.1) is 0 Å². The van der Waals surface area contributed by atoms with Crippen LogP contribution in [0.4, 0.5) is 0 Å². The molecule has 0 radical (unpaired) electrons. The summed E-state index contributed by atoms with van der Waals surface area (Å²) >= 11 is 0. The predicted molar refractivity (Wildman–Crippen MR) is 27.6 cm³/mol. The van der Waals surface area contributed by atoms with Crippen LogP contribution in [0.1, 0.15) is 6.42 Å². The Morgan fingerprint density at radius 2 is 2.43 bits per heavy atom. The van der Waals surface area contributed by atoms with Crippen molar-refractivity contribution in [2.75, 3.05) is 6.54 Å². The van der Waals surface area contributed by atoms with Crippen molar-refractivity contribution in [3.8, 4) is 0 Å². The van der Waals surface area contributed by atoms with E-state index in [4.69, 9.17) is 0 Å². The maximum absolute atomic E-state index is 10.3. The third-order valence-electron chi connectivity index (χ3n) is 0.651. The van der Waals surface area contributed by atoms with Gasteiger partial charge in [0.05, 0.1) is 13.0 Å². The van der Waals surface area contributed by atoms with Crippen molar-refractivity contribution in [1.29, 1.82) is 0 Å². The smallest absolute Gasteiger partial charge is 0.160 e. The monoisotopic (exact) mass is 100 g/mol. The number of ketones is 1. The number of hydrogen-bond donors (Lipinski definition) is 1. The fourth-order valence-electron chi connectivity index (χ4n) is 0.276. The Bertz CT molecular complexity index is 78.1. The molecule has 0 aliphatic carbocycles. The molecular formula is C5H10NO+. The van der Waals surface area contributed by atoms with Crippen molar-refractivity contribution in [2.45, 2.75) is 6.42 Å². The van der Waals surface area contributed by atoms with E-state index in [0.29, 0.717) is 13.0 Å². The van der Waals surface area contributed by atoms with E-state index in [1.807, 2.05) is 0 Å². The number of rotatable bonds is 3. The number of allylic oxidation sites excluding steroid dienone is 1. The molecule has 0 amide bonds. The molecule has 2 heteroatoms. The Balaban J connectivity index is 3.17. The fraction of sp³-hybridized carbons (Fsp3) is 0.400. The summed E-state index contributed by atoms with van der Waals surface area (Å²) in [6, 6.07) is 0. The molecule has 0 aromatic rings. The Hall–Kier alpha value is -0.630. The number of carbonyl (C=O) groups excluding carboxylic acids is 1. The lowest BCUT2D eigenvalue weighted by molar-refractivity contribution is -0.365. The highest BCUT2D eigenvalue weighted by molar-refractivity contribution is 5.88. The molecule has 0 unspecified atom stereocenters. The third kappa shape index (κ3) is 3.19. The molecule has 40 valence electrons. The number of carbonyl (C=O) groups is 1. The molecule has 0 aliphatic heterocycles. The zero-order valence-corrected chi connectivity index (χ0v) is 4.31. The highest BCUT2D eigenvalue weighted by atomic mass is 16.1. The minimum absolute atomic E-state index is 0.0787. The van der Waals surface area contributed by atoms with Gasteiger partial charge in [0, 0.05) is 0 Å². The van der Waals surface area contributed by atoms with E-state index < -0.39 is 0 Å². The van der Waals surface area contributed by atoms with Crippen molar-refractivity contribution >= 4 is 5.78 Å². The molecule has 0 saturated carbocycles. The number of hydrogen-bond acceptors (Lipinski definition) is 1. The maximum Gasteiger partial charge on any atom is 0.160 e. The largest absolute Gasteiger partial charge is 0.357 e. The van der Waals surface area contributed by atoms with Crippen molar-refractivity contribution in [1.82, 2.24) is 0 Å². The lowest BCUT2D eigenvalue weighted by Crippen LogP contribution is -2.50. The maximum atomic E-state index is 10.3. The van der Waals surface area contributed by atoms with Gasteiger partial charge in [-0.2, -0.15) is 0 Å². The second kappa shape index (κ2) is 3.56. The third-order valence-corrected chi connectivity index (χ3v) is 0.651. The summed E-state index contributed by atoms with van der Waals surface area (Å²) in [5, 5.41) is 0. The zero-order valence-electron chi connectivity index (χ0n) is 4.31. The summed E-state index contributed by atoms with van der Waals surface area (Å²) in [4.78, 5) is 10.3. The van der Waals surface area contributed by atoms with Crippen LogP contribution in [0, 0.1) is 0 Å². The Morgan fingerprint density at radius 3 is 2.57 bits per heavy atom. The summed E-state index contributed by atoms with van der Waals surface area (Å²) in [7, 11) is 0. The average molecular weight is 100 g/mol.